The average Bonchev–Trinajstić information content (AvgIpc) is 2.66. The molecule has 0 N–H and O–H groups in total. The van der Waals surface area contributed by atoms with Crippen LogP contribution in [0.15, 0.2) is 30.3 Å². The Morgan fingerprint density at radius 1 is 0.778 bits per heavy atom. The summed E-state index contributed by atoms with van der Waals surface area (Å²) in [6.07, 6.45) is 0. The minimum atomic E-state index is -0.557. The lowest BCUT2D eigenvalue weighted by Crippen LogP contribution is -2.10. The lowest BCUT2D eigenvalue weighted by atomic mass is 10.2. The Morgan fingerprint density at radius 2 is 1.30 bits per heavy atom. The van der Waals surface area contributed by atoms with Gasteiger partial charge in [0.05, 0.1) is 40.4 Å². The SMILES string of the molecule is COC(=O)c1ccc(OCCOc2c(Cl)cc(C(=O)OC)cc2Cl)c(Cl)c1. The first-order chi connectivity index (χ1) is 12.9. The van der Waals surface area contributed by atoms with Crippen LogP contribution in [0, 0.1) is 0 Å². The molecule has 0 spiro atoms. The third-order valence-electron chi connectivity index (χ3n) is 3.36. The summed E-state index contributed by atoms with van der Waals surface area (Å²) >= 11 is 18.3. The number of carbonyl (C=O) groups excluding carboxylic acids is 2. The van der Waals surface area contributed by atoms with E-state index in [0.29, 0.717) is 11.3 Å². The maximum absolute atomic E-state index is 11.5. The highest BCUT2D eigenvalue weighted by Crippen LogP contribution is 2.34. The number of esters is 2. The molecule has 6 nitrogen and oxygen atoms in total. The van der Waals surface area contributed by atoms with Gasteiger partial charge < -0.3 is 18.9 Å². The third kappa shape index (κ3) is 5.42. The van der Waals surface area contributed by atoms with Crippen molar-refractivity contribution >= 4 is 46.7 Å². The highest BCUT2D eigenvalue weighted by atomic mass is 35.5. The highest BCUT2D eigenvalue weighted by Gasteiger charge is 2.15. The molecule has 2 rings (SSSR count). The lowest BCUT2D eigenvalue weighted by molar-refractivity contribution is 0.0591. The van der Waals surface area contributed by atoms with Crippen molar-refractivity contribution in [2.24, 2.45) is 0 Å². The Balaban J connectivity index is 1.96. The van der Waals surface area contributed by atoms with Gasteiger partial charge >= 0.3 is 11.9 Å². The van der Waals surface area contributed by atoms with Crippen LogP contribution in [0.5, 0.6) is 11.5 Å². The second kappa shape index (κ2) is 9.69. The van der Waals surface area contributed by atoms with Crippen LogP contribution < -0.4 is 9.47 Å². The monoisotopic (exact) mass is 432 g/mol. The zero-order chi connectivity index (χ0) is 20.0. The molecule has 0 saturated heterocycles. The number of hydrogen-bond acceptors (Lipinski definition) is 6. The molecule has 0 amide bonds. The van der Waals surface area contributed by atoms with Crippen LogP contribution in [-0.2, 0) is 9.47 Å². The topological polar surface area (TPSA) is 71.1 Å². The summed E-state index contributed by atoms with van der Waals surface area (Å²) in [7, 11) is 2.54. The van der Waals surface area contributed by atoms with Crippen molar-refractivity contribution in [2.45, 2.75) is 0 Å². The van der Waals surface area contributed by atoms with Crippen molar-refractivity contribution in [1.29, 1.82) is 0 Å². The Bertz CT molecular complexity index is 830. The average molecular weight is 434 g/mol. The van der Waals surface area contributed by atoms with Gasteiger partial charge in [0.25, 0.3) is 0 Å². The van der Waals surface area contributed by atoms with Crippen LogP contribution in [0.1, 0.15) is 20.7 Å². The zero-order valence-electron chi connectivity index (χ0n) is 14.4. The van der Waals surface area contributed by atoms with Crippen LogP contribution in [-0.4, -0.2) is 39.4 Å². The predicted molar refractivity (Wildman–Crippen MR) is 102 cm³/mol. The van der Waals surface area contributed by atoms with Crippen molar-refractivity contribution < 1.29 is 28.5 Å². The fraction of sp³-hybridized carbons (Fsp3) is 0.222. The van der Waals surface area contributed by atoms with Crippen LogP contribution >= 0.6 is 34.8 Å². The van der Waals surface area contributed by atoms with E-state index in [1.165, 1.54) is 38.5 Å². The molecule has 0 aliphatic carbocycles. The van der Waals surface area contributed by atoms with Gasteiger partial charge in [0.15, 0.2) is 5.75 Å². The Hall–Kier alpha value is -2.15. The summed E-state index contributed by atoms with van der Waals surface area (Å²) in [5.41, 5.74) is 0.531. The maximum Gasteiger partial charge on any atom is 0.337 e. The number of benzene rings is 2. The van der Waals surface area contributed by atoms with Crippen molar-refractivity contribution in [3.05, 3.63) is 56.5 Å². The molecule has 27 heavy (non-hydrogen) atoms. The van der Waals surface area contributed by atoms with Crippen molar-refractivity contribution in [3.8, 4) is 11.5 Å². The van der Waals surface area contributed by atoms with Crippen LogP contribution in [0.25, 0.3) is 0 Å². The fourth-order valence-electron chi connectivity index (χ4n) is 2.09. The zero-order valence-corrected chi connectivity index (χ0v) is 16.7. The van der Waals surface area contributed by atoms with Crippen molar-refractivity contribution in [3.63, 3.8) is 0 Å². The van der Waals surface area contributed by atoms with E-state index in [1.807, 2.05) is 0 Å². The first-order valence-corrected chi connectivity index (χ1v) is 8.71. The molecule has 0 unspecified atom stereocenters. The molecule has 0 aliphatic heterocycles. The molecule has 144 valence electrons. The molecule has 0 bridgehead atoms. The van der Waals surface area contributed by atoms with Crippen LogP contribution in [0.3, 0.4) is 0 Å². The molecule has 0 radical (unpaired) electrons. The van der Waals surface area contributed by atoms with Gasteiger partial charge in [-0.3, -0.25) is 0 Å². The fourth-order valence-corrected chi connectivity index (χ4v) is 2.92. The van der Waals surface area contributed by atoms with Gasteiger partial charge in [0.1, 0.15) is 19.0 Å². The Kier molecular flexibility index (Phi) is 7.59. The van der Waals surface area contributed by atoms with Crippen LogP contribution in [0.2, 0.25) is 15.1 Å². The molecule has 0 fully saturated rings. The van der Waals surface area contributed by atoms with Gasteiger partial charge in [-0.05, 0) is 30.3 Å². The van der Waals surface area contributed by atoms with E-state index < -0.39 is 11.9 Å². The normalized spacial score (nSPS) is 10.3. The van der Waals surface area contributed by atoms with E-state index in [0.717, 1.165) is 0 Å². The quantitative estimate of drug-likeness (QED) is 0.466. The van der Waals surface area contributed by atoms with Gasteiger partial charge in [0, 0.05) is 0 Å². The van der Waals surface area contributed by atoms with Crippen molar-refractivity contribution in [2.75, 3.05) is 27.4 Å². The summed E-state index contributed by atoms with van der Waals surface area (Å²) in [5.74, 6) is -0.446. The third-order valence-corrected chi connectivity index (χ3v) is 4.22. The summed E-state index contributed by atoms with van der Waals surface area (Å²) < 4.78 is 20.3. The highest BCUT2D eigenvalue weighted by molar-refractivity contribution is 6.37. The minimum absolute atomic E-state index is 0.117. The number of rotatable bonds is 7. The van der Waals surface area contributed by atoms with Gasteiger partial charge in [0.2, 0.25) is 0 Å². The predicted octanol–water partition coefficient (Wildman–Crippen LogP) is 4.68. The van der Waals surface area contributed by atoms with Crippen molar-refractivity contribution in [1.82, 2.24) is 0 Å². The molecule has 9 heteroatoms. The lowest BCUT2D eigenvalue weighted by Gasteiger charge is -2.13. The number of ether oxygens (including phenoxy) is 4. The van der Waals surface area contributed by atoms with Gasteiger partial charge in [-0.25, -0.2) is 9.59 Å². The molecular formula is C18H15Cl3O6. The van der Waals surface area contributed by atoms with E-state index in [9.17, 15) is 9.59 Å². The second-order valence-electron chi connectivity index (χ2n) is 5.09. The maximum atomic E-state index is 11.5. The summed E-state index contributed by atoms with van der Waals surface area (Å²) in [6, 6.07) is 7.34. The number of carbonyl (C=O) groups is 2. The van der Waals surface area contributed by atoms with Gasteiger partial charge in [-0.15, -0.1) is 0 Å². The summed E-state index contributed by atoms with van der Waals surface area (Å²) in [4.78, 5) is 23.0. The van der Waals surface area contributed by atoms with E-state index in [-0.39, 0.29) is 39.6 Å². The number of methoxy groups -OCH3 is 2. The molecule has 0 saturated carbocycles. The van der Waals surface area contributed by atoms with E-state index in [4.69, 9.17) is 44.3 Å². The Morgan fingerprint density at radius 3 is 1.85 bits per heavy atom. The molecule has 2 aromatic carbocycles. The van der Waals surface area contributed by atoms with Gasteiger partial charge in [-0.2, -0.15) is 0 Å². The molecule has 0 aliphatic rings. The second-order valence-corrected chi connectivity index (χ2v) is 6.32. The first kappa shape index (κ1) is 21.2. The number of halogens is 3. The molecule has 0 aromatic heterocycles. The molecule has 0 atom stereocenters. The largest absolute Gasteiger partial charge is 0.488 e. The number of hydrogen-bond donors (Lipinski definition) is 0. The van der Waals surface area contributed by atoms with E-state index in [2.05, 4.69) is 9.47 Å². The smallest absolute Gasteiger partial charge is 0.337 e. The Labute approximate surface area is 170 Å². The molecule has 2 aromatic rings. The first-order valence-electron chi connectivity index (χ1n) is 7.58. The van der Waals surface area contributed by atoms with E-state index in [1.54, 1.807) is 6.07 Å². The summed E-state index contributed by atoms with van der Waals surface area (Å²) in [6.45, 7) is 0.259. The summed E-state index contributed by atoms with van der Waals surface area (Å²) in [5, 5.41) is 0.600. The van der Waals surface area contributed by atoms with Gasteiger partial charge in [-0.1, -0.05) is 34.8 Å². The standard InChI is InChI=1S/C18H15Cl3O6/c1-24-17(22)10-3-4-15(12(19)7-10)26-5-6-27-16-13(20)8-11(9-14(16)21)18(23)25-2/h3-4,7-9H,5-6H2,1-2H3. The van der Waals surface area contributed by atoms with Crippen LogP contribution in [0.4, 0.5) is 0 Å². The molecular weight excluding hydrogens is 419 g/mol. The molecule has 0 heterocycles. The minimum Gasteiger partial charge on any atom is -0.488 e. The van der Waals surface area contributed by atoms with E-state index >= 15 is 0 Å².